The second-order valence-electron chi connectivity index (χ2n) is 12.5. The normalized spacial score (nSPS) is 42.5. The van der Waals surface area contributed by atoms with Crippen LogP contribution in [0.15, 0.2) is 12.3 Å². The van der Waals surface area contributed by atoms with Gasteiger partial charge in [0.1, 0.15) is 6.07 Å². The highest BCUT2D eigenvalue weighted by atomic mass is 16.5. The van der Waals surface area contributed by atoms with Gasteiger partial charge in [-0.2, -0.15) is 10.4 Å². The van der Waals surface area contributed by atoms with Gasteiger partial charge in [0, 0.05) is 18.7 Å². The Morgan fingerprint density at radius 1 is 1.20 bits per heavy atom. The molecule has 0 radical (unpaired) electrons. The molecule has 8 atom stereocenters. The van der Waals surface area contributed by atoms with Gasteiger partial charge < -0.3 is 9.84 Å². The number of ketones is 1. The first-order valence-electron chi connectivity index (χ1n) is 14.0. The Morgan fingerprint density at radius 2 is 2.03 bits per heavy atom. The summed E-state index contributed by atoms with van der Waals surface area (Å²) in [6.07, 6.45) is 12.8. The second kappa shape index (κ2) is 9.30. The van der Waals surface area contributed by atoms with Crippen molar-refractivity contribution in [3.63, 3.8) is 0 Å². The first kappa shape index (κ1) is 25.0. The molecule has 4 fully saturated rings. The van der Waals surface area contributed by atoms with Crippen molar-refractivity contribution in [2.75, 3.05) is 13.2 Å². The standard InChI is InChI=1S/C29H43N3O3/c1-4-29-14-13-28(34,19-35-5-2)16-20(29)6-7-22-23-8-9-25(27(23,3)12-10-24(22)29)26(33)18-32-15-11-21(17-30)31-32/h11,15,20,22-25,34H,4-10,12-14,16,18-19H2,1-3H3/t20-,22+,23+,24+,25-,27+,28-,29+/m1/s1. The number of aliphatic hydroxyl groups is 1. The van der Waals surface area contributed by atoms with E-state index in [4.69, 9.17) is 10.00 Å². The molecule has 4 aliphatic rings. The lowest BCUT2D eigenvalue weighted by molar-refractivity contribution is -0.173. The molecule has 6 heteroatoms. The minimum absolute atomic E-state index is 0.0790. The van der Waals surface area contributed by atoms with Crippen LogP contribution in [0.3, 0.4) is 0 Å². The molecule has 1 heterocycles. The monoisotopic (exact) mass is 481 g/mol. The van der Waals surface area contributed by atoms with Crippen LogP contribution in [0.4, 0.5) is 0 Å². The lowest BCUT2D eigenvalue weighted by Gasteiger charge is -2.63. The third kappa shape index (κ3) is 4.07. The van der Waals surface area contributed by atoms with Crippen LogP contribution >= 0.6 is 0 Å². The van der Waals surface area contributed by atoms with Gasteiger partial charge in [-0.3, -0.25) is 9.48 Å². The summed E-state index contributed by atoms with van der Waals surface area (Å²) in [7, 11) is 0. The summed E-state index contributed by atoms with van der Waals surface area (Å²) in [5.74, 6) is 3.02. The number of Topliss-reactive ketones (excluding diaryl/α,β-unsaturated/α-hetero) is 1. The van der Waals surface area contributed by atoms with Gasteiger partial charge in [-0.25, -0.2) is 0 Å². The maximum absolute atomic E-state index is 13.5. The molecule has 6 nitrogen and oxygen atoms in total. The lowest BCUT2D eigenvalue weighted by Crippen LogP contribution is -2.57. The second-order valence-corrected chi connectivity index (χ2v) is 12.5. The number of carbonyl (C=O) groups excluding carboxylic acids is 1. The fraction of sp³-hybridized carbons (Fsp3) is 0.828. The number of hydrogen-bond acceptors (Lipinski definition) is 5. The van der Waals surface area contributed by atoms with Gasteiger partial charge in [-0.1, -0.05) is 13.8 Å². The summed E-state index contributed by atoms with van der Waals surface area (Å²) in [5.41, 5.74) is 0.137. The van der Waals surface area contributed by atoms with E-state index in [0.717, 1.165) is 44.4 Å². The third-order valence-electron chi connectivity index (χ3n) is 11.2. The number of hydrogen-bond donors (Lipinski definition) is 1. The Morgan fingerprint density at radius 3 is 2.74 bits per heavy atom. The van der Waals surface area contributed by atoms with Gasteiger partial charge in [0.15, 0.2) is 11.5 Å². The van der Waals surface area contributed by atoms with E-state index < -0.39 is 5.60 Å². The van der Waals surface area contributed by atoms with Crippen LogP contribution in [-0.4, -0.2) is 39.5 Å². The molecule has 5 rings (SSSR count). The van der Waals surface area contributed by atoms with Crippen LogP contribution in [-0.2, 0) is 16.1 Å². The van der Waals surface area contributed by atoms with E-state index in [1.54, 1.807) is 16.9 Å². The molecular weight excluding hydrogens is 438 g/mol. The molecule has 35 heavy (non-hydrogen) atoms. The topological polar surface area (TPSA) is 88.1 Å². The molecule has 1 aromatic heterocycles. The van der Waals surface area contributed by atoms with Crippen molar-refractivity contribution in [3.8, 4) is 6.07 Å². The SMILES string of the molecule is CCOC[C@@]1(O)CC[C@@]2(CC)[C@H](CC[C@H]3[C@@H]4CC[C@H](C(=O)Cn5ccc(C#N)n5)[C@@]4(C)CC[C@@H]32)C1. The molecule has 0 aliphatic heterocycles. The summed E-state index contributed by atoms with van der Waals surface area (Å²) >= 11 is 0. The van der Waals surface area contributed by atoms with E-state index in [0.29, 0.717) is 47.9 Å². The molecule has 0 bridgehead atoms. The first-order chi connectivity index (χ1) is 16.8. The predicted octanol–water partition coefficient (Wildman–Crippen LogP) is 5.14. The lowest BCUT2D eigenvalue weighted by atomic mass is 9.42. The first-order valence-corrected chi connectivity index (χ1v) is 14.0. The third-order valence-corrected chi connectivity index (χ3v) is 11.2. The van der Waals surface area contributed by atoms with E-state index in [9.17, 15) is 9.90 Å². The largest absolute Gasteiger partial charge is 0.387 e. The molecule has 0 aromatic carbocycles. The van der Waals surface area contributed by atoms with Crippen LogP contribution in [0.25, 0.3) is 0 Å². The number of aromatic nitrogens is 2. The van der Waals surface area contributed by atoms with Crippen molar-refractivity contribution in [2.45, 2.75) is 97.1 Å². The molecule has 192 valence electrons. The molecule has 4 saturated carbocycles. The fourth-order valence-corrected chi connectivity index (χ4v) is 9.57. The van der Waals surface area contributed by atoms with Gasteiger partial charge >= 0.3 is 0 Å². The zero-order valence-corrected chi connectivity index (χ0v) is 21.8. The van der Waals surface area contributed by atoms with Crippen molar-refractivity contribution >= 4 is 5.78 Å². The highest BCUT2D eigenvalue weighted by Crippen LogP contribution is 2.69. The maximum Gasteiger partial charge on any atom is 0.162 e. The van der Waals surface area contributed by atoms with Crippen LogP contribution in [0.2, 0.25) is 0 Å². The van der Waals surface area contributed by atoms with Crippen LogP contribution < -0.4 is 0 Å². The van der Waals surface area contributed by atoms with Crippen LogP contribution in [0.1, 0.15) is 90.7 Å². The molecule has 0 amide bonds. The summed E-state index contributed by atoms with van der Waals surface area (Å²) in [4.78, 5) is 13.5. The Bertz CT molecular complexity index is 984. The summed E-state index contributed by atoms with van der Waals surface area (Å²) in [5, 5.41) is 24.6. The predicted molar refractivity (Wildman–Crippen MR) is 133 cm³/mol. The maximum atomic E-state index is 13.5. The number of carbonyl (C=O) groups is 1. The Labute approximate surface area is 210 Å². The minimum Gasteiger partial charge on any atom is -0.387 e. The van der Waals surface area contributed by atoms with Crippen molar-refractivity contribution in [2.24, 2.45) is 40.4 Å². The quantitative estimate of drug-likeness (QED) is 0.582. The fourth-order valence-electron chi connectivity index (χ4n) is 9.57. The number of ether oxygens (including phenoxy) is 1. The van der Waals surface area contributed by atoms with Crippen molar-refractivity contribution in [3.05, 3.63) is 18.0 Å². The summed E-state index contributed by atoms with van der Waals surface area (Å²) in [6, 6.07) is 3.74. The van der Waals surface area contributed by atoms with E-state index >= 15 is 0 Å². The molecule has 1 N–H and O–H groups in total. The van der Waals surface area contributed by atoms with Gasteiger partial charge in [0.2, 0.25) is 0 Å². The number of nitrogens with zero attached hydrogens (tertiary/aromatic N) is 3. The van der Waals surface area contributed by atoms with Gasteiger partial charge in [-0.15, -0.1) is 0 Å². The Balaban J connectivity index is 1.32. The number of nitriles is 1. The van der Waals surface area contributed by atoms with Crippen LogP contribution in [0, 0.1) is 51.8 Å². The van der Waals surface area contributed by atoms with Crippen LogP contribution in [0.5, 0.6) is 0 Å². The Hall–Kier alpha value is -1.71. The molecule has 4 aliphatic carbocycles. The highest BCUT2D eigenvalue weighted by Gasteiger charge is 2.62. The molecular formula is C29H43N3O3. The zero-order valence-electron chi connectivity index (χ0n) is 21.8. The van der Waals surface area contributed by atoms with Gasteiger partial charge in [0.25, 0.3) is 0 Å². The number of fused-ring (bicyclic) bond motifs is 5. The van der Waals surface area contributed by atoms with Gasteiger partial charge in [-0.05, 0) is 112 Å². The average molecular weight is 482 g/mol. The zero-order chi connectivity index (χ0) is 24.8. The molecule has 0 spiro atoms. The van der Waals surface area contributed by atoms with Crippen molar-refractivity contribution in [1.82, 2.24) is 9.78 Å². The smallest absolute Gasteiger partial charge is 0.162 e. The summed E-state index contributed by atoms with van der Waals surface area (Å²) < 4.78 is 7.32. The van der Waals surface area contributed by atoms with E-state index in [1.165, 1.54) is 25.7 Å². The molecule has 1 aromatic rings. The van der Waals surface area contributed by atoms with E-state index in [2.05, 4.69) is 25.0 Å². The van der Waals surface area contributed by atoms with E-state index in [-0.39, 0.29) is 17.9 Å². The Kier molecular flexibility index (Phi) is 6.64. The minimum atomic E-state index is -0.655. The highest BCUT2D eigenvalue weighted by molar-refractivity contribution is 5.82. The van der Waals surface area contributed by atoms with Crippen molar-refractivity contribution in [1.29, 1.82) is 5.26 Å². The van der Waals surface area contributed by atoms with Gasteiger partial charge in [0.05, 0.1) is 18.8 Å². The average Bonchev–Trinajstić information content (AvgIpc) is 3.46. The van der Waals surface area contributed by atoms with Crippen molar-refractivity contribution < 1.29 is 14.6 Å². The molecule has 0 saturated heterocycles. The number of rotatable bonds is 7. The molecule has 0 unspecified atom stereocenters. The summed E-state index contributed by atoms with van der Waals surface area (Å²) in [6.45, 7) is 8.21. The van der Waals surface area contributed by atoms with E-state index in [1.807, 2.05) is 6.92 Å².